The lowest BCUT2D eigenvalue weighted by Crippen LogP contribution is -2.27. The van der Waals surface area contributed by atoms with E-state index in [0.717, 1.165) is 69.5 Å². The summed E-state index contributed by atoms with van der Waals surface area (Å²) >= 11 is 0. The average molecular weight is 1040 g/mol. The van der Waals surface area contributed by atoms with Crippen LogP contribution in [0.15, 0.2) is 267 Å². The quantitative estimate of drug-likeness (QED) is 0.0804. The summed E-state index contributed by atoms with van der Waals surface area (Å²) in [7, 11) is 0. The number of benzene rings is 11. The molecule has 11 aromatic rings. The van der Waals surface area contributed by atoms with Crippen molar-refractivity contribution in [1.29, 1.82) is 0 Å². The van der Waals surface area contributed by atoms with Gasteiger partial charge in [0.25, 0.3) is 0 Å². The van der Waals surface area contributed by atoms with Gasteiger partial charge in [0.05, 0.1) is 0 Å². The highest BCUT2D eigenvalue weighted by atomic mass is 16.5. The van der Waals surface area contributed by atoms with E-state index in [9.17, 15) is 4.79 Å². The second-order valence-corrected chi connectivity index (χ2v) is 21.4. The first-order valence-corrected chi connectivity index (χ1v) is 28.1. The van der Waals surface area contributed by atoms with Crippen molar-refractivity contribution >= 4 is 5.78 Å². The van der Waals surface area contributed by atoms with E-state index < -0.39 is 0 Å². The highest BCUT2D eigenvalue weighted by molar-refractivity contribution is 6.15. The van der Waals surface area contributed by atoms with Crippen molar-refractivity contribution in [2.45, 2.75) is 65.4 Å². The molecule has 11 aromatic carbocycles. The Morgan fingerprint density at radius 1 is 0.350 bits per heavy atom. The summed E-state index contributed by atoms with van der Waals surface area (Å²) in [5.41, 5.74) is 20.8. The molecule has 0 saturated heterocycles. The minimum absolute atomic E-state index is 0.0514. The van der Waals surface area contributed by atoms with E-state index in [2.05, 4.69) is 241 Å². The van der Waals surface area contributed by atoms with Crippen molar-refractivity contribution in [1.82, 2.24) is 0 Å². The summed E-state index contributed by atoms with van der Waals surface area (Å²) in [6.45, 7) is 10.9. The normalized spacial score (nSPS) is 11.7. The molecule has 3 nitrogen and oxygen atoms in total. The minimum Gasteiger partial charge on any atom is -0.488 e. The van der Waals surface area contributed by atoms with Crippen molar-refractivity contribution in [3.63, 3.8) is 0 Å². The smallest absolute Gasteiger partial charge is 0.193 e. The van der Waals surface area contributed by atoms with Crippen LogP contribution in [0, 0.1) is 0 Å². The van der Waals surface area contributed by atoms with Gasteiger partial charge in [0.15, 0.2) is 5.78 Å². The third-order valence-corrected chi connectivity index (χ3v) is 15.4. The Bertz CT molecular complexity index is 3730. The molecule has 1 atom stereocenters. The molecule has 3 heteroatoms. The van der Waals surface area contributed by atoms with Gasteiger partial charge >= 0.3 is 0 Å². The van der Waals surface area contributed by atoms with Gasteiger partial charge in [-0.3, -0.25) is 4.79 Å². The van der Waals surface area contributed by atoms with Crippen molar-refractivity contribution < 1.29 is 14.3 Å². The number of rotatable bonds is 18. The van der Waals surface area contributed by atoms with Crippen molar-refractivity contribution in [3.05, 3.63) is 284 Å². The van der Waals surface area contributed by atoms with Crippen LogP contribution in [-0.2, 0) is 0 Å². The summed E-state index contributed by atoms with van der Waals surface area (Å²) in [6, 6.07) is 94.1. The molecule has 0 spiro atoms. The summed E-state index contributed by atoms with van der Waals surface area (Å²) in [6.07, 6.45) is 3.10. The lowest BCUT2D eigenvalue weighted by Gasteiger charge is -2.29. The number of hydrogen-bond acceptors (Lipinski definition) is 3. The van der Waals surface area contributed by atoms with E-state index in [1.165, 1.54) is 50.1 Å². The molecule has 0 amide bonds. The Kier molecular flexibility index (Phi) is 15.6. The van der Waals surface area contributed by atoms with E-state index in [0.29, 0.717) is 28.5 Å². The second kappa shape index (κ2) is 23.7. The van der Waals surface area contributed by atoms with Crippen molar-refractivity contribution in [2.75, 3.05) is 0 Å². The van der Waals surface area contributed by atoms with Crippen molar-refractivity contribution in [2.24, 2.45) is 0 Å². The molecule has 0 aliphatic rings. The molecule has 0 aliphatic heterocycles. The number of carbonyl (C=O) groups is 1. The second-order valence-electron chi connectivity index (χ2n) is 21.4. The van der Waals surface area contributed by atoms with Gasteiger partial charge in [0.1, 0.15) is 22.8 Å². The van der Waals surface area contributed by atoms with Crippen LogP contribution in [0.4, 0.5) is 0 Å². The first-order valence-electron chi connectivity index (χ1n) is 28.1. The van der Waals surface area contributed by atoms with Gasteiger partial charge < -0.3 is 9.47 Å². The van der Waals surface area contributed by atoms with E-state index >= 15 is 0 Å². The topological polar surface area (TPSA) is 35.5 Å². The van der Waals surface area contributed by atoms with Gasteiger partial charge in [-0.2, -0.15) is 0 Å². The molecule has 0 aliphatic carbocycles. The zero-order valence-electron chi connectivity index (χ0n) is 46.3. The molecule has 0 radical (unpaired) electrons. The predicted octanol–water partition coefficient (Wildman–Crippen LogP) is 21.5. The standard InChI is InChI=1S/C77H66O3/c1-6-52-77(4,5)80-69-50-44-66(45-51-69)76(78)65-42-48-68(49-43-65)79-67-46-40-58(41-47-67)57-34-38-64(39-35-57)75-72(61-24-16-10-17-25-61)70(59-20-12-8-13-21-59)74(71(60-22-14-9-15-23-60)73(75)62-26-18-11-19-27-62)63-36-32-56(33-37-63)55-30-28-54(29-31-55)53(3)7-2/h8-51,53H,6-7,52H2,1-5H3. The fourth-order valence-electron chi connectivity index (χ4n) is 11.1. The van der Waals surface area contributed by atoms with Gasteiger partial charge in [-0.1, -0.05) is 233 Å². The highest BCUT2D eigenvalue weighted by Crippen LogP contribution is 2.56. The van der Waals surface area contributed by atoms with Gasteiger partial charge in [-0.05, 0) is 188 Å². The van der Waals surface area contributed by atoms with Gasteiger partial charge in [0.2, 0.25) is 0 Å². The van der Waals surface area contributed by atoms with Crippen LogP contribution in [0.2, 0.25) is 0 Å². The molecule has 80 heavy (non-hydrogen) atoms. The summed E-state index contributed by atoms with van der Waals surface area (Å²) in [4.78, 5) is 13.5. The fourth-order valence-corrected chi connectivity index (χ4v) is 11.1. The number of ether oxygens (including phenoxy) is 2. The number of carbonyl (C=O) groups excluding carboxylic acids is 1. The summed E-state index contributed by atoms with van der Waals surface area (Å²) < 4.78 is 12.5. The number of hydrogen-bond donors (Lipinski definition) is 0. The molecular formula is C77H66O3. The number of ketones is 1. The van der Waals surface area contributed by atoms with Crippen LogP contribution >= 0.6 is 0 Å². The zero-order valence-corrected chi connectivity index (χ0v) is 46.3. The lowest BCUT2D eigenvalue weighted by atomic mass is 9.74. The maximum absolute atomic E-state index is 13.5. The predicted molar refractivity (Wildman–Crippen MR) is 335 cm³/mol. The Morgan fingerprint density at radius 2 is 0.625 bits per heavy atom. The lowest BCUT2D eigenvalue weighted by molar-refractivity contribution is 0.0985. The van der Waals surface area contributed by atoms with Crippen LogP contribution in [0.25, 0.3) is 89.0 Å². The molecular weight excluding hydrogens is 973 g/mol. The Morgan fingerprint density at radius 3 is 0.950 bits per heavy atom. The molecule has 0 bridgehead atoms. The molecule has 0 aromatic heterocycles. The van der Waals surface area contributed by atoms with E-state index in [4.69, 9.17) is 9.47 Å². The summed E-state index contributed by atoms with van der Waals surface area (Å²) in [5, 5.41) is 0. The monoisotopic (exact) mass is 1040 g/mol. The molecule has 392 valence electrons. The molecule has 0 fully saturated rings. The van der Waals surface area contributed by atoms with Crippen LogP contribution in [-0.4, -0.2) is 11.4 Å². The van der Waals surface area contributed by atoms with Gasteiger partial charge in [-0.25, -0.2) is 0 Å². The SMILES string of the molecule is CCCC(C)(C)Oc1ccc(C(=O)c2ccc(Oc3ccc(-c4ccc(-c5c(-c6ccccc6)c(-c6ccccc6)c(-c6ccc(-c7ccc(C(C)CC)cc7)cc6)c(-c6ccccc6)c5-c5ccccc5)cc4)cc3)cc2)cc1. The Balaban J connectivity index is 0.974. The maximum Gasteiger partial charge on any atom is 0.193 e. The molecule has 0 heterocycles. The first-order chi connectivity index (χ1) is 39.1. The maximum atomic E-state index is 13.5. The summed E-state index contributed by atoms with van der Waals surface area (Å²) in [5.74, 6) is 2.59. The zero-order chi connectivity index (χ0) is 55.0. The van der Waals surface area contributed by atoms with E-state index in [-0.39, 0.29) is 11.4 Å². The molecule has 11 rings (SSSR count). The van der Waals surface area contributed by atoms with Crippen LogP contribution < -0.4 is 9.47 Å². The minimum atomic E-state index is -0.266. The average Bonchev–Trinajstić information content (AvgIpc) is 3.43. The first kappa shape index (κ1) is 52.7. The molecule has 1 unspecified atom stereocenters. The largest absolute Gasteiger partial charge is 0.488 e. The Hall–Kier alpha value is -9.31. The van der Waals surface area contributed by atoms with Crippen LogP contribution in [0.3, 0.4) is 0 Å². The van der Waals surface area contributed by atoms with Crippen molar-refractivity contribution in [3.8, 4) is 106 Å². The third-order valence-electron chi connectivity index (χ3n) is 15.4. The Labute approximate surface area is 472 Å². The third kappa shape index (κ3) is 11.5. The fraction of sp³-hybridized carbons (Fsp3) is 0.130. The van der Waals surface area contributed by atoms with Crippen LogP contribution in [0.1, 0.15) is 81.3 Å². The van der Waals surface area contributed by atoms with Gasteiger partial charge in [0, 0.05) is 11.1 Å². The highest BCUT2D eigenvalue weighted by Gasteiger charge is 2.29. The van der Waals surface area contributed by atoms with E-state index in [1.54, 1.807) is 0 Å². The molecule has 0 N–H and O–H groups in total. The molecule has 0 saturated carbocycles. The van der Waals surface area contributed by atoms with E-state index in [1.807, 2.05) is 60.7 Å². The van der Waals surface area contributed by atoms with Gasteiger partial charge in [-0.15, -0.1) is 0 Å². The van der Waals surface area contributed by atoms with Crippen LogP contribution in [0.5, 0.6) is 17.2 Å².